The molecule has 0 spiro atoms. The van der Waals surface area contributed by atoms with E-state index < -0.39 is 0 Å². The van der Waals surface area contributed by atoms with Crippen molar-refractivity contribution in [2.24, 2.45) is 0 Å². The van der Waals surface area contributed by atoms with E-state index in [9.17, 15) is 4.79 Å². The molecule has 0 radical (unpaired) electrons. The Hall–Kier alpha value is -3.99. The first-order chi connectivity index (χ1) is 16.5. The monoisotopic (exact) mass is 455 g/mol. The van der Waals surface area contributed by atoms with Gasteiger partial charge in [-0.2, -0.15) is 0 Å². The predicted octanol–water partition coefficient (Wildman–Crippen LogP) is 7.11. The fourth-order valence-electron chi connectivity index (χ4n) is 4.03. The summed E-state index contributed by atoms with van der Waals surface area (Å²) in [5, 5.41) is 3.96. The number of amides is 1. The Morgan fingerprint density at radius 2 is 1.82 bits per heavy atom. The highest BCUT2D eigenvalue weighted by molar-refractivity contribution is 6.05. The molecule has 0 aliphatic rings. The van der Waals surface area contributed by atoms with Crippen molar-refractivity contribution >= 4 is 28.1 Å². The topological polar surface area (TPSA) is 60.7 Å². The molecule has 3 aromatic carbocycles. The number of benzene rings is 3. The van der Waals surface area contributed by atoms with Crippen LogP contribution in [0, 0.1) is 0 Å². The van der Waals surface area contributed by atoms with E-state index in [0.717, 1.165) is 56.7 Å². The second-order valence-electron chi connectivity index (χ2n) is 7.98. The van der Waals surface area contributed by atoms with E-state index in [0.29, 0.717) is 12.4 Å². The van der Waals surface area contributed by atoms with Crippen LogP contribution in [0.3, 0.4) is 0 Å². The van der Waals surface area contributed by atoms with E-state index in [2.05, 4.69) is 12.2 Å². The maximum atomic E-state index is 12.8. The molecule has 5 nitrogen and oxygen atoms in total. The van der Waals surface area contributed by atoms with Gasteiger partial charge >= 0.3 is 0 Å². The number of rotatable bonds is 8. The van der Waals surface area contributed by atoms with Gasteiger partial charge in [0.1, 0.15) is 17.1 Å². The van der Waals surface area contributed by atoms with Gasteiger partial charge in [-0.3, -0.25) is 4.79 Å². The largest absolute Gasteiger partial charge is 0.497 e. The number of methoxy groups -OCH3 is 1. The normalized spacial score (nSPS) is 11.5. The highest BCUT2D eigenvalue weighted by Crippen LogP contribution is 2.38. The molecule has 0 saturated carbocycles. The minimum Gasteiger partial charge on any atom is -0.497 e. The number of anilines is 1. The standard InChI is InChI=1S/C29H29NO4/c1-5-20-9-7-8-10-26(20)30-29(31)15-19(3)23-16-24-25(21-11-13-22(32-4)14-12-21)18-34-28(24)17-27(23)33-6-2/h7-18H,5-6H2,1-4H3,(H,30,31)/b19-15+. The number of fused-ring (bicyclic) bond motifs is 1. The molecule has 0 aliphatic carbocycles. The second kappa shape index (κ2) is 10.3. The number of furan rings is 1. The third kappa shape index (κ3) is 4.84. The van der Waals surface area contributed by atoms with Crippen molar-refractivity contribution in [1.29, 1.82) is 0 Å². The van der Waals surface area contributed by atoms with Crippen molar-refractivity contribution in [1.82, 2.24) is 0 Å². The van der Waals surface area contributed by atoms with Crippen LogP contribution in [0.5, 0.6) is 11.5 Å². The van der Waals surface area contributed by atoms with E-state index in [-0.39, 0.29) is 5.91 Å². The lowest BCUT2D eigenvalue weighted by atomic mass is 9.99. The molecule has 0 bridgehead atoms. The Morgan fingerprint density at radius 3 is 2.53 bits per heavy atom. The summed E-state index contributed by atoms with van der Waals surface area (Å²) >= 11 is 0. The highest BCUT2D eigenvalue weighted by atomic mass is 16.5. The Morgan fingerprint density at radius 1 is 1.06 bits per heavy atom. The zero-order valence-electron chi connectivity index (χ0n) is 20.0. The molecule has 0 saturated heterocycles. The number of hydrogen-bond donors (Lipinski definition) is 1. The van der Waals surface area contributed by atoms with Crippen molar-refractivity contribution in [3.05, 3.63) is 84.1 Å². The van der Waals surface area contributed by atoms with Crippen LogP contribution in [0.1, 0.15) is 31.9 Å². The molecule has 0 fully saturated rings. The van der Waals surface area contributed by atoms with Crippen molar-refractivity contribution in [2.45, 2.75) is 27.2 Å². The van der Waals surface area contributed by atoms with Crippen LogP contribution >= 0.6 is 0 Å². The smallest absolute Gasteiger partial charge is 0.248 e. The van der Waals surface area contributed by atoms with E-state index >= 15 is 0 Å². The lowest BCUT2D eigenvalue weighted by molar-refractivity contribution is -0.111. The van der Waals surface area contributed by atoms with Gasteiger partial charge in [0.15, 0.2) is 0 Å². The van der Waals surface area contributed by atoms with Crippen molar-refractivity contribution in [3.8, 4) is 22.6 Å². The minimum atomic E-state index is -0.177. The Balaban J connectivity index is 1.71. The molecule has 1 heterocycles. The lowest BCUT2D eigenvalue weighted by Gasteiger charge is -2.12. The highest BCUT2D eigenvalue weighted by Gasteiger charge is 2.16. The Kier molecular flexibility index (Phi) is 7.02. The molecule has 1 N–H and O–H groups in total. The van der Waals surface area contributed by atoms with E-state index in [1.165, 1.54) is 0 Å². The predicted molar refractivity (Wildman–Crippen MR) is 137 cm³/mol. The molecule has 34 heavy (non-hydrogen) atoms. The summed E-state index contributed by atoms with van der Waals surface area (Å²) in [4.78, 5) is 12.8. The molecule has 174 valence electrons. The van der Waals surface area contributed by atoms with Crippen LogP contribution in [0.25, 0.3) is 27.7 Å². The van der Waals surface area contributed by atoms with Gasteiger partial charge in [0.25, 0.3) is 0 Å². The van der Waals surface area contributed by atoms with Gasteiger partial charge < -0.3 is 19.2 Å². The fraction of sp³-hybridized carbons (Fsp3) is 0.207. The fourth-order valence-corrected chi connectivity index (χ4v) is 4.03. The summed E-state index contributed by atoms with van der Waals surface area (Å²) in [6, 6.07) is 19.6. The molecule has 4 aromatic rings. The molecule has 4 rings (SSSR count). The molecule has 5 heteroatoms. The number of nitrogens with one attached hydrogen (secondary N) is 1. The molecule has 0 aliphatic heterocycles. The van der Waals surface area contributed by atoms with Crippen LogP contribution in [0.15, 0.2) is 77.4 Å². The van der Waals surface area contributed by atoms with Gasteiger partial charge in [0, 0.05) is 34.3 Å². The lowest BCUT2D eigenvalue weighted by Crippen LogP contribution is -2.10. The van der Waals surface area contributed by atoms with Gasteiger partial charge in [-0.1, -0.05) is 37.3 Å². The van der Waals surface area contributed by atoms with Gasteiger partial charge in [0.05, 0.1) is 20.0 Å². The first kappa shape index (κ1) is 23.2. The van der Waals surface area contributed by atoms with Crippen LogP contribution < -0.4 is 14.8 Å². The van der Waals surface area contributed by atoms with Gasteiger partial charge in [-0.05, 0) is 61.2 Å². The quantitative estimate of drug-likeness (QED) is 0.288. The van der Waals surface area contributed by atoms with Crippen molar-refractivity contribution < 1.29 is 18.7 Å². The first-order valence-corrected chi connectivity index (χ1v) is 11.4. The summed E-state index contributed by atoms with van der Waals surface area (Å²) < 4.78 is 17.0. The van der Waals surface area contributed by atoms with Gasteiger partial charge in [0.2, 0.25) is 5.91 Å². The summed E-state index contributed by atoms with van der Waals surface area (Å²) in [7, 11) is 1.65. The van der Waals surface area contributed by atoms with E-state index in [1.54, 1.807) is 19.4 Å². The number of hydrogen-bond acceptors (Lipinski definition) is 4. The summed E-state index contributed by atoms with van der Waals surface area (Å²) in [6.45, 7) is 6.43. The summed E-state index contributed by atoms with van der Waals surface area (Å²) in [5.74, 6) is 1.30. The Labute approximate surface area is 200 Å². The zero-order valence-corrected chi connectivity index (χ0v) is 20.0. The van der Waals surface area contributed by atoms with Gasteiger partial charge in [-0.15, -0.1) is 0 Å². The molecular weight excluding hydrogens is 426 g/mol. The molecule has 0 unspecified atom stereocenters. The second-order valence-corrected chi connectivity index (χ2v) is 7.98. The SMILES string of the molecule is CCOc1cc2occ(-c3ccc(OC)cc3)c2cc1/C(C)=C/C(=O)Nc1ccccc1CC. The minimum absolute atomic E-state index is 0.177. The number of aryl methyl sites for hydroxylation is 1. The third-order valence-electron chi connectivity index (χ3n) is 5.81. The molecule has 0 atom stereocenters. The molecule has 1 amide bonds. The van der Waals surface area contributed by atoms with E-state index in [1.807, 2.05) is 74.5 Å². The summed E-state index contributed by atoms with van der Waals surface area (Å²) in [6.07, 6.45) is 4.21. The summed E-state index contributed by atoms with van der Waals surface area (Å²) in [5.41, 5.74) is 6.30. The van der Waals surface area contributed by atoms with Crippen molar-refractivity contribution in [3.63, 3.8) is 0 Å². The van der Waals surface area contributed by atoms with Gasteiger partial charge in [-0.25, -0.2) is 0 Å². The maximum Gasteiger partial charge on any atom is 0.248 e. The number of carbonyl (C=O) groups is 1. The van der Waals surface area contributed by atoms with E-state index in [4.69, 9.17) is 13.9 Å². The average molecular weight is 456 g/mol. The van der Waals surface area contributed by atoms with Crippen LogP contribution in [-0.4, -0.2) is 19.6 Å². The van der Waals surface area contributed by atoms with Crippen LogP contribution in [0.4, 0.5) is 5.69 Å². The average Bonchev–Trinajstić information content (AvgIpc) is 3.27. The number of ether oxygens (including phenoxy) is 2. The Bertz CT molecular complexity index is 1330. The number of allylic oxidation sites excluding steroid dienone is 1. The zero-order chi connectivity index (χ0) is 24.1. The maximum absolute atomic E-state index is 12.8. The molecule has 1 aromatic heterocycles. The van der Waals surface area contributed by atoms with Crippen LogP contribution in [-0.2, 0) is 11.2 Å². The third-order valence-corrected chi connectivity index (χ3v) is 5.81. The molecular formula is C29H29NO4. The number of carbonyl (C=O) groups excluding carboxylic acids is 1. The van der Waals surface area contributed by atoms with Crippen LogP contribution in [0.2, 0.25) is 0 Å². The first-order valence-electron chi connectivity index (χ1n) is 11.4. The number of para-hydroxylation sites is 1. The van der Waals surface area contributed by atoms with Crippen molar-refractivity contribution in [2.75, 3.05) is 19.0 Å².